The molecule has 1 N–H and O–H groups in total. The Morgan fingerprint density at radius 2 is 2.25 bits per heavy atom. The average Bonchev–Trinajstić information content (AvgIpc) is 2.85. The second kappa shape index (κ2) is 8.12. The van der Waals surface area contributed by atoms with Crippen molar-refractivity contribution in [1.82, 2.24) is 14.9 Å². The molecule has 2 aromatic rings. The molecular weight excluding hydrogens is 266 g/mol. The van der Waals surface area contributed by atoms with E-state index in [0.29, 0.717) is 0 Å². The lowest BCUT2D eigenvalue weighted by Gasteiger charge is -2.07. The first-order valence-electron chi connectivity index (χ1n) is 7.20. The van der Waals surface area contributed by atoms with Crippen LogP contribution >= 0.6 is 11.8 Å². The normalized spacial score (nSPS) is 10.9. The fourth-order valence-corrected chi connectivity index (χ4v) is 2.99. The van der Waals surface area contributed by atoms with E-state index >= 15 is 0 Å². The van der Waals surface area contributed by atoms with Gasteiger partial charge < -0.3 is 9.88 Å². The monoisotopic (exact) mass is 289 g/mol. The number of aromatic nitrogens is 2. The fraction of sp³-hybridized carbons (Fsp3) is 0.438. The largest absolute Gasteiger partial charge is 0.334 e. The zero-order valence-corrected chi connectivity index (χ0v) is 13.1. The van der Waals surface area contributed by atoms with Crippen molar-refractivity contribution in [2.24, 2.45) is 0 Å². The predicted molar refractivity (Wildman–Crippen MR) is 86.1 cm³/mol. The summed E-state index contributed by atoms with van der Waals surface area (Å²) in [5.74, 6) is 2.16. The minimum atomic E-state index is 0.961. The summed E-state index contributed by atoms with van der Waals surface area (Å²) in [6.07, 6.45) is 5.08. The average molecular weight is 289 g/mol. The lowest BCUT2D eigenvalue weighted by atomic mass is 10.2. The minimum absolute atomic E-state index is 0.961. The molecule has 0 aliphatic heterocycles. The van der Waals surface area contributed by atoms with Crippen LogP contribution in [-0.4, -0.2) is 21.8 Å². The third-order valence-corrected chi connectivity index (χ3v) is 4.15. The molecule has 1 aromatic carbocycles. The molecule has 2 rings (SSSR count). The summed E-state index contributed by atoms with van der Waals surface area (Å²) in [5, 5.41) is 3.44. The molecule has 1 heterocycles. The molecule has 20 heavy (non-hydrogen) atoms. The van der Waals surface area contributed by atoms with Gasteiger partial charge in [0.25, 0.3) is 0 Å². The van der Waals surface area contributed by atoms with Crippen molar-refractivity contribution < 1.29 is 0 Å². The summed E-state index contributed by atoms with van der Waals surface area (Å²) >= 11 is 1.90. The summed E-state index contributed by atoms with van der Waals surface area (Å²) in [6, 6.07) is 8.81. The van der Waals surface area contributed by atoms with Crippen molar-refractivity contribution in [3.8, 4) is 0 Å². The number of aryl methyl sites for hydroxylation is 2. The highest BCUT2D eigenvalue weighted by Gasteiger charge is 1.99. The van der Waals surface area contributed by atoms with E-state index in [2.05, 4.69) is 46.1 Å². The Bertz CT molecular complexity index is 522. The van der Waals surface area contributed by atoms with Crippen LogP contribution in [0.1, 0.15) is 24.7 Å². The Hall–Kier alpha value is -1.26. The van der Waals surface area contributed by atoms with Gasteiger partial charge in [-0.25, -0.2) is 4.98 Å². The van der Waals surface area contributed by atoms with E-state index in [0.717, 1.165) is 31.2 Å². The van der Waals surface area contributed by atoms with Gasteiger partial charge in [0.05, 0.1) is 0 Å². The minimum Gasteiger partial charge on any atom is -0.334 e. The number of hydrogen-bond acceptors (Lipinski definition) is 3. The maximum atomic E-state index is 4.24. The van der Waals surface area contributed by atoms with Crippen molar-refractivity contribution in [2.75, 3.05) is 12.3 Å². The van der Waals surface area contributed by atoms with E-state index in [9.17, 15) is 0 Å². The van der Waals surface area contributed by atoms with Crippen LogP contribution in [0.5, 0.6) is 0 Å². The van der Waals surface area contributed by atoms with Crippen molar-refractivity contribution in [2.45, 2.75) is 38.3 Å². The van der Waals surface area contributed by atoms with E-state index in [1.165, 1.54) is 16.9 Å². The lowest BCUT2D eigenvalue weighted by molar-refractivity contribution is 0.674. The number of hydrogen-bond donors (Lipinski definition) is 1. The van der Waals surface area contributed by atoms with Gasteiger partial charge in [-0.2, -0.15) is 0 Å². The van der Waals surface area contributed by atoms with Crippen molar-refractivity contribution >= 4 is 11.8 Å². The van der Waals surface area contributed by atoms with Crippen LogP contribution in [0.15, 0.2) is 41.6 Å². The van der Waals surface area contributed by atoms with Gasteiger partial charge in [-0.3, -0.25) is 0 Å². The summed E-state index contributed by atoms with van der Waals surface area (Å²) in [4.78, 5) is 5.59. The third-order valence-electron chi connectivity index (χ3n) is 3.18. The van der Waals surface area contributed by atoms with Gasteiger partial charge >= 0.3 is 0 Å². The molecule has 0 spiro atoms. The fourth-order valence-electron chi connectivity index (χ4n) is 2.06. The number of thioether (sulfide) groups is 1. The summed E-state index contributed by atoms with van der Waals surface area (Å²) in [5.41, 5.74) is 1.36. The quantitative estimate of drug-likeness (QED) is 0.596. The standard InChI is InChI=1S/C16H23N3S/c1-3-7-17-13-15-5-4-6-16(12-15)20-11-10-19-9-8-18-14(19)2/h4-6,8-9,12,17H,3,7,10-11,13H2,1-2H3. The van der Waals surface area contributed by atoms with Crippen LogP contribution in [0.4, 0.5) is 0 Å². The van der Waals surface area contributed by atoms with E-state index in [1.54, 1.807) is 0 Å². The number of imidazole rings is 1. The summed E-state index contributed by atoms with van der Waals surface area (Å²) in [7, 11) is 0. The van der Waals surface area contributed by atoms with Crippen molar-refractivity contribution in [3.63, 3.8) is 0 Å². The first kappa shape index (κ1) is 15.1. The van der Waals surface area contributed by atoms with E-state index < -0.39 is 0 Å². The number of nitrogens with zero attached hydrogens (tertiary/aromatic N) is 2. The number of rotatable bonds is 8. The molecule has 1 aromatic heterocycles. The van der Waals surface area contributed by atoms with Crippen LogP contribution in [0.3, 0.4) is 0 Å². The molecule has 0 saturated carbocycles. The smallest absolute Gasteiger partial charge is 0.105 e. The van der Waals surface area contributed by atoms with Crippen molar-refractivity contribution in [1.29, 1.82) is 0 Å². The molecule has 0 aliphatic carbocycles. The van der Waals surface area contributed by atoms with Crippen molar-refractivity contribution in [3.05, 3.63) is 48.0 Å². The molecule has 0 amide bonds. The molecule has 0 saturated heterocycles. The van der Waals surface area contributed by atoms with E-state index in [-0.39, 0.29) is 0 Å². The zero-order chi connectivity index (χ0) is 14.2. The molecule has 0 bridgehead atoms. The Kier molecular flexibility index (Phi) is 6.15. The van der Waals surface area contributed by atoms with Crippen LogP contribution in [-0.2, 0) is 13.1 Å². The van der Waals surface area contributed by atoms with Gasteiger partial charge in [0.15, 0.2) is 0 Å². The maximum absolute atomic E-state index is 4.24. The Morgan fingerprint density at radius 3 is 3.00 bits per heavy atom. The molecular formula is C16H23N3S. The van der Waals surface area contributed by atoms with E-state index in [4.69, 9.17) is 0 Å². The molecule has 0 radical (unpaired) electrons. The molecule has 108 valence electrons. The first-order chi connectivity index (χ1) is 9.79. The van der Waals surface area contributed by atoms with Crippen LogP contribution in [0.2, 0.25) is 0 Å². The molecule has 3 nitrogen and oxygen atoms in total. The summed E-state index contributed by atoms with van der Waals surface area (Å²) in [6.45, 7) is 7.29. The Balaban J connectivity index is 1.80. The summed E-state index contributed by atoms with van der Waals surface area (Å²) < 4.78 is 2.19. The lowest BCUT2D eigenvalue weighted by Crippen LogP contribution is -2.13. The van der Waals surface area contributed by atoms with Gasteiger partial charge in [0, 0.05) is 36.1 Å². The van der Waals surface area contributed by atoms with Gasteiger partial charge in [-0.15, -0.1) is 11.8 Å². The van der Waals surface area contributed by atoms with E-state index in [1.807, 2.05) is 31.1 Å². The van der Waals surface area contributed by atoms with Crippen LogP contribution < -0.4 is 5.32 Å². The van der Waals surface area contributed by atoms with Crippen LogP contribution in [0.25, 0.3) is 0 Å². The molecule has 0 atom stereocenters. The molecule has 0 fully saturated rings. The molecule has 4 heteroatoms. The van der Waals surface area contributed by atoms with Gasteiger partial charge in [0.2, 0.25) is 0 Å². The number of nitrogens with one attached hydrogen (secondary N) is 1. The number of benzene rings is 1. The Labute approximate surface area is 125 Å². The third kappa shape index (κ3) is 4.69. The van der Waals surface area contributed by atoms with Gasteiger partial charge in [-0.05, 0) is 37.6 Å². The first-order valence-corrected chi connectivity index (χ1v) is 8.18. The second-order valence-corrected chi connectivity index (χ2v) is 6.01. The van der Waals surface area contributed by atoms with Gasteiger partial charge in [-0.1, -0.05) is 19.1 Å². The zero-order valence-electron chi connectivity index (χ0n) is 12.3. The Morgan fingerprint density at radius 1 is 1.35 bits per heavy atom. The topological polar surface area (TPSA) is 29.9 Å². The highest BCUT2D eigenvalue weighted by Crippen LogP contribution is 2.19. The van der Waals surface area contributed by atoms with Gasteiger partial charge in [0.1, 0.15) is 5.82 Å². The predicted octanol–water partition coefficient (Wildman–Crippen LogP) is 3.48. The highest BCUT2D eigenvalue weighted by molar-refractivity contribution is 7.99. The highest BCUT2D eigenvalue weighted by atomic mass is 32.2. The second-order valence-electron chi connectivity index (χ2n) is 4.84. The maximum Gasteiger partial charge on any atom is 0.105 e. The van der Waals surface area contributed by atoms with Crippen LogP contribution in [0, 0.1) is 6.92 Å². The molecule has 0 unspecified atom stereocenters. The molecule has 0 aliphatic rings. The SMILES string of the molecule is CCCNCc1cccc(SCCn2ccnc2C)c1.